The van der Waals surface area contributed by atoms with Gasteiger partial charge in [-0.25, -0.2) is 4.98 Å². The van der Waals surface area contributed by atoms with Gasteiger partial charge in [-0.05, 0) is 49.6 Å². The zero-order valence-electron chi connectivity index (χ0n) is 17.6. The van der Waals surface area contributed by atoms with E-state index >= 15 is 0 Å². The van der Waals surface area contributed by atoms with E-state index in [-0.39, 0.29) is 34.6 Å². The summed E-state index contributed by atoms with van der Waals surface area (Å²) in [6, 6.07) is 8.63. The van der Waals surface area contributed by atoms with Crippen LogP contribution in [0.2, 0.25) is 0 Å². The molecule has 1 unspecified atom stereocenters. The Kier molecular flexibility index (Phi) is 5.10. The van der Waals surface area contributed by atoms with Crippen LogP contribution in [0, 0.1) is 12.3 Å². The first kappa shape index (κ1) is 20.2. The van der Waals surface area contributed by atoms with E-state index in [0.717, 1.165) is 18.4 Å². The third-order valence-electron chi connectivity index (χ3n) is 5.71. The van der Waals surface area contributed by atoms with Crippen molar-refractivity contribution in [1.82, 2.24) is 19.3 Å². The fourth-order valence-electron chi connectivity index (χ4n) is 4.04. The molecular formula is C23H23N5O4. The Balaban J connectivity index is 1.68. The van der Waals surface area contributed by atoms with Crippen molar-refractivity contribution in [2.75, 3.05) is 13.2 Å². The number of hydrogen-bond acceptors (Lipinski definition) is 6. The Morgan fingerprint density at radius 1 is 1.34 bits per heavy atom. The topological polar surface area (TPSA) is 115 Å². The summed E-state index contributed by atoms with van der Waals surface area (Å²) in [6.45, 7) is 3.12. The van der Waals surface area contributed by atoms with Crippen LogP contribution >= 0.6 is 0 Å². The summed E-state index contributed by atoms with van der Waals surface area (Å²) in [5.74, 6) is 0.168. The van der Waals surface area contributed by atoms with Crippen molar-refractivity contribution in [1.29, 1.82) is 5.41 Å². The van der Waals surface area contributed by atoms with Gasteiger partial charge in [-0.3, -0.25) is 19.4 Å². The predicted molar refractivity (Wildman–Crippen MR) is 117 cm³/mol. The van der Waals surface area contributed by atoms with Gasteiger partial charge in [0.25, 0.3) is 11.5 Å². The average molecular weight is 433 g/mol. The van der Waals surface area contributed by atoms with Crippen LogP contribution in [0.1, 0.15) is 34.5 Å². The predicted octanol–water partition coefficient (Wildman–Crippen LogP) is 1.99. The number of rotatable bonds is 5. The lowest BCUT2D eigenvalue weighted by atomic mass is 10.1. The number of ether oxygens (including phenoxy) is 1. The van der Waals surface area contributed by atoms with Crippen LogP contribution in [0.25, 0.3) is 16.7 Å². The van der Waals surface area contributed by atoms with Crippen molar-refractivity contribution in [2.24, 2.45) is 0 Å². The second-order valence-electron chi connectivity index (χ2n) is 8.01. The first-order valence-corrected chi connectivity index (χ1v) is 10.5. The Hall–Kier alpha value is -3.72. The van der Waals surface area contributed by atoms with Crippen LogP contribution in [-0.4, -0.2) is 39.1 Å². The van der Waals surface area contributed by atoms with Crippen LogP contribution in [0.5, 0.6) is 0 Å². The highest BCUT2D eigenvalue weighted by Gasteiger charge is 2.21. The quantitative estimate of drug-likeness (QED) is 0.467. The van der Waals surface area contributed by atoms with Crippen molar-refractivity contribution < 1.29 is 13.9 Å². The molecule has 0 saturated carbocycles. The number of aryl methyl sites for hydroxylation is 1. The van der Waals surface area contributed by atoms with Crippen LogP contribution in [0.4, 0.5) is 0 Å². The number of amides is 1. The van der Waals surface area contributed by atoms with Crippen molar-refractivity contribution in [2.45, 2.75) is 32.4 Å². The molecule has 1 saturated heterocycles. The maximum absolute atomic E-state index is 13.3. The fraction of sp³-hybridized carbons (Fsp3) is 0.304. The largest absolute Gasteiger partial charge is 0.467 e. The smallest absolute Gasteiger partial charge is 0.267 e. The van der Waals surface area contributed by atoms with E-state index in [2.05, 4.69) is 10.3 Å². The van der Waals surface area contributed by atoms with Crippen LogP contribution in [-0.2, 0) is 11.3 Å². The van der Waals surface area contributed by atoms with E-state index in [1.807, 2.05) is 13.0 Å². The molecule has 1 aliphatic heterocycles. The maximum atomic E-state index is 13.3. The van der Waals surface area contributed by atoms with E-state index in [1.165, 1.54) is 15.0 Å². The van der Waals surface area contributed by atoms with E-state index in [9.17, 15) is 9.59 Å². The highest BCUT2D eigenvalue weighted by Crippen LogP contribution is 2.14. The van der Waals surface area contributed by atoms with Crippen molar-refractivity contribution in [3.63, 3.8) is 0 Å². The number of carbonyl (C=O) groups excluding carboxylic acids is 1. The molecule has 9 nitrogen and oxygen atoms in total. The molecule has 0 radical (unpaired) electrons. The summed E-state index contributed by atoms with van der Waals surface area (Å²) in [5, 5.41) is 11.9. The number of fused-ring (bicyclic) bond motifs is 2. The number of hydrogen-bond donors (Lipinski definition) is 2. The van der Waals surface area contributed by atoms with Gasteiger partial charge >= 0.3 is 0 Å². The van der Waals surface area contributed by atoms with Crippen LogP contribution in [0.3, 0.4) is 0 Å². The highest BCUT2D eigenvalue weighted by molar-refractivity contribution is 5.96. The van der Waals surface area contributed by atoms with Gasteiger partial charge in [0.1, 0.15) is 22.5 Å². The molecule has 9 heteroatoms. The first-order valence-electron chi connectivity index (χ1n) is 10.5. The molecule has 5 rings (SSSR count). The number of furan rings is 1. The zero-order chi connectivity index (χ0) is 22.2. The zero-order valence-corrected chi connectivity index (χ0v) is 17.6. The van der Waals surface area contributed by atoms with Gasteiger partial charge in [0.05, 0.1) is 29.9 Å². The molecule has 0 spiro atoms. The number of aromatic nitrogens is 3. The third-order valence-corrected chi connectivity index (χ3v) is 5.71. The Labute approximate surface area is 182 Å². The number of pyridine rings is 2. The average Bonchev–Trinajstić information content (AvgIpc) is 3.49. The van der Waals surface area contributed by atoms with Crippen molar-refractivity contribution in [3.8, 4) is 0 Å². The Morgan fingerprint density at radius 2 is 2.22 bits per heavy atom. The minimum absolute atomic E-state index is 0.0250. The SMILES string of the molecule is Cc1ccc2nc3c(cc(C(=O)NCC4CCCO4)c(=N)n3Cc3ccco3)c(=O)n2c1. The summed E-state index contributed by atoms with van der Waals surface area (Å²) >= 11 is 0. The van der Waals surface area contributed by atoms with Gasteiger partial charge < -0.3 is 19.0 Å². The first-order chi connectivity index (χ1) is 15.5. The molecule has 164 valence electrons. The molecule has 4 aromatic rings. The van der Waals surface area contributed by atoms with Gasteiger partial charge in [0.15, 0.2) is 0 Å². The molecule has 0 aliphatic carbocycles. The lowest BCUT2D eigenvalue weighted by molar-refractivity contribution is 0.0856. The van der Waals surface area contributed by atoms with E-state index in [1.54, 1.807) is 30.7 Å². The molecular weight excluding hydrogens is 410 g/mol. The lowest BCUT2D eigenvalue weighted by Gasteiger charge is -2.15. The van der Waals surface area contributed by atoms with Crippen molar-refractivity contribution >= 4 is 22.6 Å². The third kappa shape index (κ3) is 3.60. The van der Waals surface area contributed by atoms with Crippen LogP contribution in [0.15, 0.2) is 52.0 Å². The number of nitrogens with zero attached hydrogens (tertiary/aromatic N) is 3. The fourth-order valence-corrected chi connectivity index (χ4v) is 4.04. The second kappa shape index (κ2) is 8.08. The summed E-state index contributed by atoms with van der Waals surface area (Å²) < 4.78 is 14.0. The van der Waals surface area contributed by atoms with E-state index < -0.39 is 5.91 Å². The van der Waals surface area contributed by atoms with E-state index in [4.69, 9.17) is 14.6 Å². The molecule has 0 aromatic carbocycles. The molecule has 1 fully saturated rings. The van der Waals surface area contributed by atoms with Gasteiger partial charge in [0.2, 0.25) is 0 Å². The maximum Gasteiger partial charge on any atom is 0.267 e. The molecule has 32 heavy (non-hydrogen) atoms. The standard InChI is InChI=1S/C23H23N5O4/c1-14-6-7-19-26-21-18(23(30)27(19)12-14)10-17(22(29)25-11-15-4-2-8-31-15)20(24)28(21)13-16-5-3-9-32-16/h3,5-7,9-10,12,15,24H,2,4,8,11,13H2,1H3,(H,25,29). The van der Waals surface area contributed by atoms with Crippen LogP contribution < -0.4 is 16.4 Å². The molecule has 0 bridgehead atoms. The monoisotopic (exact) mass is 433 g/mol. The molecule has 1 amide bonds. The summed E-state index contributed by atoms with van der Waals surface area (Å²) in [7, 11) is 0. The molecule has 1 atom stereocenters. The molecule has 2 N–H and O–H groups in total. The van der Waals surface area contributed by atoms with Gasteiger partial charge in [0, 0.05) is 19.3 Å². The normalized spacial score (nSPS) is 16.1. The minimum Gasteiger partial charge on any atom is -0.467 e. The number of carbonyl (C=O) groups is 1. The molecule has 5 heterocycles. The van der Waals surface area contributed by atoms with Gasteiger partial charge in [-0.15, -0.1) is 0 Å². The highest BCUT2D eigenvalue weighted by atomic mass is 16.5. The molecule has 4 aromatic heterocycles. The summed E-state index contributed by atoms with van der Waals surface area (Å²) in [4.78, 5) is 31.0. The number of nitrogens with one attached hydrogen (secondary N) is 2. The van der Waals surface area contributed by atoms with E-state index in [0.29, 0.717) is 30.2 Å². The Morgan fingerprint density at radius 3 is 2.97 bits per heavy atom. The second-order valence-corrected chi connectivity index (χ2v) is 8.01. The summed E-state index contributed by atoms with van der Waals surface area (Å²) in [6.07, 6.45) is 5.09. The van der Waals surface area contributed by atoms with Gasteiger partial charge in [-0.2, -0.15) is 0 Å². The summed E-state index contributed by atoms with van der Waals surface area (Å²) in [5.41, 5.74) is 1.48. The van der Waals surface area contributed by atoms with Crippen molar-refractivity contribution in [3.05, 3.63) is 75.5 Å². The minimum atomic E-state index is -0.422. The Bertz CT molecular complexity index is 1430. The van der Waals surface area contributed by atoms with Gasteiger partial charge in [-0.1, -0.05) is 6.07 Å². The molecule has 1 aliphatic rings. The lowest BCUT2D eigenvalue weighted by Crippen LogP contribution is -2.38.